The quantitative estimate of drug-likeness (QED) is 0.659. The first-order chi connectivity index (χ1) is 10.3. The zero-order valence-electron chi connectivity index (χ0n) is 11.3. The number of benzene rings is 2. The standard InChI is InChI=1S/C18H13NOS/c20-18(15-11-21-16-9-2-1-7-13(15)16)14-8-3-5-12-6-4-10-19-17(12)14/h1-10,15H,11H2. The fourth-order valence-electron chi connectivity index (χ4n) is 2.87. The monoisotopic (exact) mass is 291 g/mol. The zero-order valence-corrected chi connectivity index (χ0v) is 12.1. The number of thioether (sulfide) groups is 1. The van der Waals surface area contributed by atoms with Crippen molar-refractivity contribution >= 4 is 28.4 Å². The van der Waals surface area contributed by atoms with E-state index in [1.807, 2.05) is 42.5 Å². The SMILES string of the molecule is O=C(c1cccc2cccnc12)C1CSc2ccccc21. The molecule has 21 heavy (non-hydrogen) atoms. The average Bonchev–Trinajstić information content (AvgIpc) is 2.98. The van der Waals surface area contributed by atoms with Crippen LogP contribution in [0, 0.1) is 0 Å². The van der Waals surface area contributed by atoms with Crippen molar-refractivity contribution in [1.82, 2.24) is 4.98 Å². The van der Waals surface area contributed by atoms with Gasteiger partial charge in [-0.3, -0.25) is 9.78 Å². The minimum Gasteiger partial charge on any atom is -0.293 e. The van der Waals surface area contributed by atoms with E-state index in [0.717, 1.165) is 27.8 Å². The summed E-state index contributed by atoms with van der Waals surface area (Å²) in [5.41, 5.74) is 2.69. The maximum absolute atomic E-state index is 13.0. The van der Waals surface area contributed by atoms with Crippen molar-refractivity contribution in [1.29, 1.82) is 0 Å². The largest absolute Gasteiger partial charge is 0.293 e. The highest BCUT2D eigenvalue weighted by Gasteiger charge is 2.30. The Labute approximate surface area is 127 Å². The lowest BCUT2D eigenvalue weighted by Gasteiger charge is -2.11. The van der Waals surface area contributed by atoms with Gasteiger partial charge in [-0.25, -0.2) is 0 Å². The number of para-hydroxylation sites is 1. The van der Waals surface area contributed by atoms with E-state index < -0.39 is 0 Å². The number of hydrogen-bond acceptors (Lipinski definition) is 3. The maximum atomic E-state index is 13.0. The number of pyridine rings is 1. The van der Waals surface area contributed by atoms with Crippen LogP contribution in [0.25, 0.3) is 10.9 Å². The number of hydrogen-bond donors (Lipinski definition) is 0. The first kappa shape index (κ1) is 12.6. The van der Waals surface area contributed by atoms with Gasteiger partial charge in [0.1, 0.15) is 0 Å². The molecule has 2 nitrogen and oxygen atoms in total. The van der Waals surface area contributed by atoms with E-state index in [2.05, 4.69) is 17.1 Å². The van der Waals surface area contributed by atoms with E-state index in [-0.39, 0.29) is 11.7 Å². The van der Waals surface area contributed by atoms with Gasteiger partial charge in [-0.1, -0.05) is 36.4 Å². The van der Waals surface area contributed by atoms with Gasteiger partial charge in [0.05, 0.1) is 11.4 Å². The van der Waals surface area contributed by atoms with Crippen molar-refractivity contribution in [2.45, 2.75) is 10.8 Å². The molecular formula is C18H13NOS. The molecule has 1 aliphatic heterocycles. The Kier molecular flexibility index (Phi) is 3.00. The number of fused-ring (bicyclic) bond motifs is 2. The minimum absolute atomic E-state index is 0.0567. The highest BCUT2D eigenvalue weighted by molar-refractivity contribution is 7.99. The van der Waals surface area contributed by atoms with Crippen molar-refractivity contribution in [3.8, 4) is 0 Å². The lowest BCUT2D eigenvalue weighted by atomic mass is 9.91. The second-order valence-corrected chi connectivity index (χ2v) is 6.21. The fourth-order valence-corrected chi connectivity index (χ4v) is 4.10. The molecule has 0 N–H and O–H groups in total. The number of ketones is 1. The Morgan fingerprint density at radius 3 is 2.86 bits per heavy atom. The summed E-state index contributed by atoms with van der Waals surface area (Å²) in [4.78, 5) is 18.6. The molecule has 2 aromatic carbocycles. The summed E-state index contributed by atoms with van der Waals surface area (Å²) >= 11 is 1.76. The van der Waals surface area contributed by atoms with Gasteiger partial charge in [-0.2, -0.15) is 0 Å². The number of nitrogens with zero attached hydrogens (tertiary/aromatic N) is 1. The molecule has 1 atom stereocenters. The van der Waals surface area contributed by atoms with Crippen LogP contribution in [0.1, 0.15) is 21.8 Å². The molecule has 0 saturated heterocycles. The van der Waals surface area contributed by atoms with Crippen LogP contribution >= 0.6 is 11.8 Å². The molecule has 0 bridgehead atoms. The lowest BCUT2D eigenvalue weighted by molar-refractivity contribution is 0.0970. The topological polar surface area (TPSA) is 30.0 Å². The van der Waals surface area contributed by atoms with Crippen LogP contribution in [0.4, 0.5) is 0 Å². The Balaban J connectivity index is 1.82. The van der Waals surface area contributed by atoms with E-state index in [1.165, 1.54) is 4.90 Å². The normalized spacial score (nSPS) is 16.9. The molecule has 4 rings (SSSR count). The van der Waals surface area contributed by atoms with Crippen LogP contribution in [0.15, 0.2) is 65.7 Å². The molecule has 3 heteroatoms. The predicted octanol–water partition coefficient (Wildman–Crippen LogP) is 4.31. The second-order valence-electron chi connectivity index (χ2n) is 5.15. The van der Waals surface area contributed by atoms with Crippen LogP contribution in [-0.2, 0) is 0 Å². The van der Waals surface area contributed by atoms with E-state index in [4.69, 9.17) is 0 Å². The molecule has 0 fully saturated rings. The van der Waals surface area contributed by atoms with Crippen LogP contribution in [-0.4, -0.2) is 16.5 Å². The van der Waals surface area contributed by atoms with E-state index in [9.17, 15) is 4.79 Å². The summed E-state index contributed by atoms with van der Waals surface area (Å²) in [5, 5.41) is 1.02. The number of carbonyl (C=O) groups is 1. The fraction of sp³-hybridized carbons (Fsp3) is 0.111. The van der Waals surface area contributed by atoms with Crippen LogP contribution < -0.4 is 0 Å². The summed E-state index contributed by atoms with van der Waals surface area (Å²) in [5.74, 6) is 0.942. The van der Waals surface area contributed by atoms with Gasteiger partial charge in [0, 0.05) is 27.8 Å². The highest BCUT2D eigenvalue weighted by atomic mass is 32.2. The molecule has 2 heterocycles. The smallest absolute Gasteiger partial charge is 0.173 e. The first-order valence-electron chi connectivity index (χ1n) is 6.94. The summed E-state index contributed by atoms with van der Waals surface area (Å²) < 4.78 is 0. The van der Waals surface area contributed by atoms with Gasteiger partial charge in [-0.15, -0.1) is 11.8 Å². The van der Waals surface area contributed by atoms with Crippen molar-refractivity contribution < 1.29 is 4.79 Å². The number of rotatable bonds is 2. The van der Waals surface area contributed by atoms with Crippen LogP contribution in [0.5, 0.6) is 0 Å². The molecule has 1 aliphatic rings. The van der Waals surface area contributed by atoms with Crippen molar-refractivity contribution in [3.05, 3.63) is 71.9 Å². The Morgan fingerprint density at radius 2 is 1.90 bits per heavy atom. The molecule has 0 saturated carbocycles. The Morgan fingerprint density at radius 1 is 1.05 bits per heavy atom. The van der Waals surface area contributed by atoms with Gasteiger partial charge >= 0.3 is 0 Å². The third-order valence-corrected chi connectivity index (χ3v) is 5.10. The molecule has 0 aliphatic carbocycles. The first-order valence-corrected chi connectivity index (χ1v) is 7.93. The van der Waals surface area contributed by atoms with Crippen LogP contribution in [0.3, 0.4) is 0 Å². The van der Waals surface area contributed by atoms with E-state index >= 15 is 0 Å². The predicted molar refractivity (Wildman–Crippen MR) is 86.0 cm³/mol. The summed E-state index contributed by atoms with van der Waals surface area (Å²) in [6, 6.07) is 17.9. The summed E-state index contributed by atoms with van der Waals surface area (Å²) in [6.45, 7) is 0. The van der Waals surface area contributed by atoms with Gasteiger partial charge in [0.25, 0.3) is 0 Å². The average molecular weight is 291 g/mol. The molecular weight excluding hydrogens is 278 g/mol. The second kappa shape index (κ2) is 5.01. The Hall–Kier alpha value is -2.13. The van der Waals surface area contributed by atoms with Gasteiger partial charge < -0.3 is 0 Å². The zero-order chi connectivity index (χ0) is 14.2. The van der Waals surface area contributed by atoms with Gasteiger partial charge in [0.2, 0.25) is 0 Å². The van der Waals surface area contributed by atoms with Crippen LogP contribution in [0.2, 0.25) is 0 Å². The van der Waals surface area contributed by atoms with E-state index in [0.29, 0.717) is 0 Å². The van der Waals surface area contributed by atoms with Crippen molar-refractivity contribution in [2.24, 2.45) is 0 Å². The third-order valence-electron chi connectivity index (χ3n) is 3.91. The number of Topliss-reactive ketones (excluding diaryl/α,β-unsaturated/α-hetero) is 1. The Bertz CT molecular complexity index is 838. The lowest BCUT2D eigenvalue weighted by Crippen LogP contribution is -2.13. The molecule has 3 aromatic rings. The number of carbonyl (C=O) groups excluding carboxylic acids is 1. The summed E-state index contributed by atoms with van der Waals surface area (Å²) in [7, 11) is 0. The molecule has 0 spiro atoms. The third kappa shape index (κ3) is 2.05. The van der Waals surface area contributed by atoms with Crippen molar-refractivity contribution in [3.63, 3.8) is 0 Å². The molecule has 1 unspecified atom stereocenters. The highest BCUT2D eigenvalue weighted by Crippen LogP contribution is 2.41. The van der Waals surface area contributed by atoms with Gasteiger partial charge in [0.15, 0.2) is 5.78 Å². The van der Waals surface area contributed by atoms with E-state index in [1.54, 1.807) is 18.0 Å². The van der Waals surface area contributed by atoms with Gasteiger partial charge in [-0.05, 0) is 23.8 Å². The summed E-state index contributed by atoms with van der Waals surface area (Å²) in [6.07, 6.45) is 1.75. The van der Waals surface area contributed by atoms with Crippen molar-refractivity contribution in [2.75, 3.05) is 5.75 Å². The number of aromatic nitrogens is 1. The minimum atomic E-state index is -0.0567. The molecule has 1 aromatic heterocycles. The molecule has 102 valence electrons. The molecule has 0 amide bonds. The molecule has 0 radical (unpaired) electrons. The maximum Gasteiger partial charge on any atom is 0.173 e.